The fraction of sp³-hybridized carbons (Fsp3) is 0.818. The molecule has 3 N–H and O–H groups in total. The minimum absolute atomic E-state index is 0.315. The molecule has 94 valence electrons. The second-order valence-electron chi connectivity index (χ2n) is 4.28. The highest BCUT2D eigenvalue weighted by Gasteiger charge is 2.17. The van der Waals surface area contributed by atoms with Crippen molar-refractivity contribution in [3.8, 4) is 0 Å². The zero-order valence-electron chi connectivity index (χ0n) is 9.90. The molecule has 0 aromatic rings. The highest BCUT2D eigenvalue weighted by molar-refractivity contribution is 5.83. The Bertz CT molecular complexity index is 228. The highest BCUT2D eigenvalue weighted by atomic mass is 16.4. The van der Waals surface area contributed by atoms with E-state index in [-0.39, 0.29) is 5.91 Å². The van der Waals surface area contributed by atoms with E-state index in [0.29, 0.717) is 12.3 Å². The number of hydrogen-bond acceptors (Lipinski definition) is 3. The summed E-state index contributed by atoms with van der Waals surface area (Å²) in [6, 6.07) is -1.18. The third-order valence-electron chi connectivity index (χ3n) is 2.25. The van der Waals surface area contributed by atoms with Crippen molar-refractivity contribution in [2.75, 3.05) is 6.61 Å². The molecule has 0 fully saturated rings. The van der Waals surface area contributed by atoms with E-state index >= 15 is 0 Å². The molecule has 0 aliphatic carbocycles. The van der Waals surface area contributed by atoms with Crippen LogP contribution < -0.4 is 5.32 Å². The van der Waals surface area contributed by atoms with E-state index in [9.17, 15) is 9.59 Å². The summed E-state index contributed by atoms with van der Waals surface area (Å²) in [5.74, 6) is -0.907. The van der Waals surface area contributed by atoms with Gasteiger partial charge in [-0.25, -0.2) is 4.79 Å². The molecule has 0 aliphatic rings. The van der Waals surface area contributed by atoms with Gasteiger partial charge < -0.3 is 15.5 Å². The van der Waals surface area contributed by atoms with Gasteiger partial charge in [0.1, 0.15) is 6.04 Å². The molecule has 0 aromatic carbocycles. The molecule has 1 amide bonds. The summed E-state index contributed by atoms with van der Waals surface area (Å²) in [6.07, 6.45) is 3.09. The van der Waals surface area contributed by atoms with Gasteiger partial charge in [-0.1, -0.05) is 26.7 Å². The van der Waals surface area contributed by atoms with Crippen LogP contribution in [0.5, 0.6) is 0 Å². The normalized spacial score (nSPS) is 12.5. The van der Waals surface area contributed by atoms with Gasteiger partial charge in [0, 0.05) is 6.42 Å². The number of aliphatic hydroxyl groups is 1. The van der Waals surface area contributed by atoms with Crippen molar-refractivity contribution in [1.82, 2.24) is 5.32 Å². The zero-order chi connectivity index (χ0) is 12.6. The summed E-state index contributed by atoms with van der Waals surface area (Å²) in [5, 5.41) is 19.6. The lowest BCUT2D eigenvalue weighted by atomic mass is 10.1. The average molecular weight is 231 g/mol. The third kappa shape index (κ3) is 7.23. The molecular formula is C11H21NO4. The topological polar surface area (TPSA) is 86.6 Å². The summed E-state index contributed by atoms with van der Waals surface area (Å²) < 4.78 is 0. The number of amides is 1. The predicted octanol–water partition coefficient (Wildman–Crippen LogP) is 0.764. The molecule has 0 saturated heterocycles. The molecule has 0 radical (unpaired) electrons. The van der Waals surface area contributed by atoms with Gasteiger partial charge in [-0.05, 0) is 12.3 Å². The number of carbonyl (C=O) groups excluding carboxylic acids is 1. The Hall–Kier alpha value is -1.10. The van der Waals surface area contributed by atoms with Crippen LogP contribution in [0.25, 0.3) is 0 Å². The van der Waals surface area contributed by atoms with Gasteiger partial charge in [0.2, 0.25) is 5.91 Å². The number of rotatable bonds is 8. The minimum atomic E-state index is -1.21. The van der Waals surface area contributed by atoms with Crippen LogP contribution in [-0.2, 0) is 9.59 Å². The van der Waals surface area contributed by atoms with Crippen LogP contribution in [-0.4, -0.2) is 34.7 Å². The van der Waals surface area contributed by atoms with E-state index in [0.717, 1.165) is 19.3 Å². The number of carboxylic acid groups (broad SMARTS) is 1. The van der Waals surface area contributed by atoms with E-state index in [2.05, 4.69) is 19.2 Å². The van der Waals surface area contributed by atoms with E-state index in [1.165, 1.54) is 0 Å². The summed E-state index contributed by atoms with van der Waals surface area (Å²) >= 11 is 0. The van der Waals surface area contributed by atoms with Crippen molar-refractivity contribution in [2.45, 2.75) is 45.6 Å². The number of aliphatic hydroxyl groups excluding tert-OH is 1. The molecule has 5 nitrogen and oxygen atoms in total. The molecule has 0 aliphatic heterocycles. The van der Waals surface area contributed by atoms with E-state index in [1.807, 2.05) is 0 Å². The lowest BCUT2D eigenvalue weighted by molar-refractivity contribution is -0.142. The molecule has 0 heterocycles. The summed E-state index contributed by atoms with van der Waals surface area (Å²) in [6.45, 7) is 3.66. The Morgan fingerprint density at radius 1 is 1.25 bits per heavy atom. The van der Waals surface area contributed by atoms with Gasteiger partial charge in [0.05, 0.1) is 6.61 Å². The Labute approximate surface area is 95.9 Å². The highest BCUT2D eigenvalue weighted by Crippen LogP contribution is 2.07. The predicted molar refractivity (Wildman–Crippen MR) is 60.0 cm³/mol. The van der Waals surface area contributed by atoms with Crippen molar-refractivity contribution in [3.05, 3.63) is 0 Å². The van der Waals surface area contributed by atoms with Crippen molar-refractivity contribution in [2.24, 2.45) is 5.92 Å². The number of hydrogen-bond donors (Lipinski definition) is 3. The second-order valence-corrected chi connectivity index (χ2v) is 4.28. The quantitative estimate of drug-likeness (QED) is 0.538. The largest absolute Gasteiger partial charge is 0.480 e. The molecular weight excluding hydrogens is 210 g/mol. The first-order chi connectivity index (χ1) is 7.47. The Balaban J connectivity index is 3.69. The smallest absolute Gasteiger partial charge is 0.328 e. The minimum Gasteiger partial charge on any atom is -0.480 e. The first-order valence-corrected chi connectivity index (χ1v) is 5.60. The number of aliphatic carboxylic acids is 1. The zero-order valence-corrected chi connectivity index (χ0v) is 9.90. The molecule has 16 heavy (non-hydrogen) atoms. The van der Waals surface area contributed by atoms with E-state index < -0.39 is 18.6 Å². The Kier molecular flexibility index (Phi) is 7.54. The van der Waals surface area contributed by atoms with E-state index in [1.54, 1.807) is 0 Å². The maximum atomic E-state index is 11.3. The Morgan fingerprint density at radius 3 is 2.31 bits per heavy atom. The van der Waals surface area contributed by atoms with Crippen molar-refractivity contribution < 1.29 is 19.8 Å². The van der Waals surface area contributed by atoms with E-state index in [4.69, 9.17) is 10.2 Å². The van der Waals surface area contributed by atoms with Gasteiger partial charge in [-0.15, -0.1) is 0 Å². The summed E-state index contributed by atoms with van der Waals surface area (Å²) in [7, 11) is 0. The third-order valence-corrected chi connectivity index (χ3v) is 2.25. The number of nitrogens with one attached hydrogen (secondary N) is 1. The fourth-order valence-electron chi connectivity index (χ4n) is 1.29. The van der Waals surface area contributed by atoms with Gasteiger partial charge >= 0.3 is 5.97 Å². The fourth-order valence-corrected chi connectivity index (χ4v) is 1.29. The van der Waals surface area contributed by atoms with Crippen LogP contribution in [0.2, 0.25) is 0 Å². The van der Waals surface area contributed by atoms with Gasteiger partial charge in [0.25, 0.3) is 0 Å². The Morgan fingerprint density at radius 2 is 1.88 bits per heavy atom. The lowest BCUT2D eigenvalue weighted by Crippen LogP contribution is -2.43. The maximum Gasteiger partial charge on any atom is 0.328 e. The number of carboxylic acids is 1. The van der Waals surface area contributed by atoms with Crippen LogP contribution >= 0.6 is 0 Å². The number of unbranched alkanes of at least 4 members (excludes halogenated alkanes) is 1. The van der Waals surface area contributed by atoms with Crippen molar-refractivity contribution >= 4 is 11.9 Å². The van der Waals surface area contributed by atoms with Crippen LogP contribution in [0, 0.1) is 5.92 Å². The molecule has 1 atom stereocenters. The lowest BCUT2D eigenvalue weighted by Gasteiger charge is -2.11. The van der Waals surface area contributed by atoms with Crippen molar-refractivity contribution in [3.63, 3.8) is 0 Å². The monoisotopic (exact) mass is 231 g/mol. The summed E-state index contributed by atoms with van der Waals surface area (Å²) in [5.41, 5.74) is 0. The van der Waals surface area contributed by atoms with Crippen LogP contribution in [0.15, 0.2) is 0 Å². The molecule has 0 spiro atoms. The molecule has 0 aromatic heterocycles. The molecule has 5 heteroatoms. The molecule has 0 bridgehead atoms. The van der Waals surface area contributed by atoms with Gasteiger partial charge in [0.15, 0.2) is 0 Å². The second kappa shape index (κ2) is 8.10. The maximum absolute atomic E-state index is 11.3. The van der Waals surface area contributed by atoms with Crippen molar-refractivity contribution in [1.29, 1.82) is 0 Å². The van der Waals surface area contributed by atoms with Crippen LogP contribution in [0.3, 0.4) is 0 Å². The van der Waals surface area contributed by atoms with Crippen LogP contribution in [0.1, 0.15) is 39.5 Å². The van der Waals surface area contributed by atoms with Gasteiger partial charge in [-0.3, -0.25) is 4.79 Å². The molecule has 0 saturated carbocycles. The standard InChI is InChI=1S/C11H21NO4/c1-8(2)5-3-4-6-10(14)12-9(7-13)11(15)16/h8-9,13H,3-7H2,1-2H3,(H,12,14)(H,15,16). The SMILES string of the molecule is CC(C)CCCCC(=O)NC(CO)C(=O)O. The van der Waals surface area contributed by atoms with Crippen LogP contribution in [0.4, 0.5) is 0 Å². The summed E-state index contributed by atoms with van der Waals surface area (Å²) in [4.78, 5) is 21.8. The average Bonchev–Trinajstić information content (AvgIpc) is 2.20. The number of carbonyl (C=O) groups is 2. The molecule has 1 unspecified atom stereocenters. The molecule has 0 rings (SSSR count). The first kappa shape index (κ1) is 14.9. The van der Waals surface area contributed by atoms with Gasteiger partial charge in [-0.2, -0.15) is 0 Å². The first-order valence-electron chi connectivity index (χ1n) is 5.60.